The molecule has 0 saturated carbocycles. The van der Waals surface area contributed by atoms with Crippen molar-refractivity contribution in [3.63, 3.8) is 0 Å². The maximum Gasteiger partial charge on any atom is 0.253 e. The van der Waals surface area contributed by atoms with E-state index in [4.69, 9.17) is 10.1 Å². The van der Waals surface area contributed by atoms with Gasteiger partial charge in [-0.1, -0.05) is 50.6 Å². The summed E-state index contributed by atoms with van der Waals surface area (Å²) in [7, 11) is 3.85. The second-order valence-electron chi connectivity index (χ2n) is 11.6. The molecule has 0 fully saturated rings. The number of fused-ring (bicyclic) bond motifs is 1. The van der Waals surface area contributed by atoms with Crippen LogP contribution in [0.25, 0.3) is 28.2 Å². The van der Waals surface area contributed by atoms with Crippen LogP contribution in [0.4, 0.5) is 5.82 Å². The predicted octanol–water partition coefficient (Wildman–Crippen LogP) is 6.38. The van der Waals surface area contributed by atoms with Crippen LogP contribution in [0.2, 0.25) is 0 Å². The van der Waals surface area contributed by atoms with E-state index in [0.717, 1.165) is 76.7 Å². The minimum absolute atomic E-state index is 0.000548. The van der Waals surface area contributed by atoms with Crippen LogP contribution in [0.3, 0.4) is 0 Å². The molecule has 0 aliphatic rings. The lowest BCUT2D eigenvalue weighted by atomic mass is 9.98. The molecule has 1 amide bonds. The number of aliphatic hydroxyl groups is 1. The Hall–Kier alpha value is -4.50. The van der Waals surface area contributed by atoms with Gasteiger partial charge in [0.15, 0.2) is 5.65 Å². The Bertz CT molecular complexity index is 1770. The highest BCUT2D eigenvalue weighted by atomic mass is 16.3. The lowest BCUT2D eigenvalue weighted by molar-refractivity contribution is 0.0792. The van der Waals surface area contributed by atoms with Crippen LogP contribution < -0.4 is 5.32 Å². The van der Waals surface area contributed by atoms with Crippen molar-refractivity contribution >= 4 is 17.4 Å². The summed E-state index contributed by atoms with van der Waals surface area (Å²) in [4.78, 5) is 24.7. The van der Waals surface area contributed by atoms with Gasteiger partial charge in [0.05, 0.1) is 18.0 Å². The van der Waals surface area contributed by atoms with Gasteiger partial charge in [-0.25, -0.2) is 9.97 Å². The van der Waals surface area contributed by atoms with Crippen molar-refractivity contribution in [3.05, 3.63) is 89.0 Å². The smallest absolute Gasteiger partial charge is 0.253 e. The van der Waals surface area contributed by atoms with Gasteiger partial charge in [-0.05, 0) is 55.5 Å². The Labute approximate surface area is 259 Å². The quantitative estimate of drug-likeness (QED) is 0.174. The molecule has 44 heavy (non-hydrogen) atoms. The van der Waals surface area contributed by atoms with Crippen molar-refractivity contribution in [1.82, 2.24) is 29.0 Å². The summed E-state index contributed by atoms with van der Waals surface area (Å²) in [5.74, 6) is 1.60. The van der Waals surface area contributed by atoms with Gasteiger partial charge in [-0.3, -0.25) is 4.79 Å². The van der Waals surface area contributed by atoms with Crippen LogP contribution in [0, 0.1) is 13.8 Å². The zero-order valence-corrected chi connectivity index (χ0v) is 26.6. The summed E-state index contributed by atoms with van der Waals surface area (Å²) < 4.78 is 3.85. The normalized spacial score (nSPS) is 12.1. The number of aryl methyl sites for hydroxylation is 3. The molecule has 0 spiro atoms. The number of nitrogens with one attached hydrogen (secondary N) is 1. The van der Waals surface area contributed by atoms with Crippen molar-refractivity contribution in [2.24, 2.45) is 7.05 Å². The minimum atomic E-state index is -0.113. The van der Waals surface area contributed by atoms with Gasteiger partial charge in [-0.15, -0.1) is 0 Å². The maximum absolute atomic E-state index is 13.4. The topological polar surface area (TPSA) is 101 Å². The monoisotopic (exact) mass is 593 g/mol. The summed E-state index contributed by atoms with van der Waals surface area (Å²) >= 11 is 0. The van der Waals surface area contributed by atoms with Crippen molar-refractivity contribution in [1.29, 1.82) is 0 Å². The predicted molar refractivity (Wildman–Crippen MR) is 176 cm³/mol. The molecule has 0 aliphatic carbocycles. The third kappa shape index (κ3) is 6.24. The zero-order chi connectivity index (χ0) is 31.4. The number of rotatable bonds is 12. The number of amides is 1. The first-order valence-corrected chi connectivity index (χ1v) is 15.4. The van der Waals surface area contributed by atoms with Gasteiger partial charge in [0.25, 0.3) is 5.91 Å². The third-order valence-corrected chi connectivity index (χ3v) is 8.35. The summed E-state index contributed by atoms with van der Waals surface area (Å²) in [6.45, 7) is 9.41. The Kier molecular flexibility index (Phi) is 9.44. The summed E-state index contributed by atoms with van der Waals surface area (Å²) in [6.07, 6.45) is 6.49. The first-order chi connectivity index (χ1) is 21.2. The molecule has 1 atom stereocenters. The fraction of sp³-hybridized carbons (Fsp3) is 0.371. The molecular formula is C35H43N7O2. The number of hydrogen-bond donors (Lipinski definition) is 2. The summed E-state index contributed by atoms with van der Waals surface area (Å²) in [6, 6.07) is 16.3. The lowest BCUT2D eigenvalue weighted by Gasteiger charge is -2.19. The van der Waals surface area contributed by atoms with Gasteiger partial charge in [0.2, 0.25) is 0 Å². The van der Waals surface area contributed by atoms with Gasteiger partial charge in [0.1, 0.15) is 11.6 Å². The highest BCUT2D eigenvalue weighted by molar-refractivity contribution is 5.97. The van der Waals surface area contributed by atoms with Crippen LogP contribution >= 0.6 is 0 Å². The Balaban J connectivity index is 1.55. The maximum atomic E-state index is 13.4. The molecule has 0 bridgehead atoms. The minimum Gasteiger partial charge on any atom is -0.396 e. The first-order valence-electron chi connectivity index (χ1n) is 15.4. The van der Waals surface area contributed by atoms with Crippen LogP contribution in [0.15, 0.2) is 60.9 Å². The van der Waals surface area contributed by atoms with E-state index >= 15 is 0 Å². The van der Waals surface area contributed by atoms with E-state index in [1.165, 1.54) is 0 Å². The molecule has 230 valence electrons. The largest absolute Gasteiger partial charge is 0.396 e. The molecule has 0 aliphatic heterocycles. The van der Waals surface area contributed by atoms with Gasteiger partial charge in [-0.2, -0.15) is 9.61 Å². The van der Waals surface area contributed by atoms with Crippen molar-refractivity contribution in [2.45, 2.75) is 59.4 Å². The van der Waals surface area contributed by atoms with Gasteiger partial charge < -0.3 is 19.9 Å². The molecule has 5 rings (SSSR count). The molecule has 0 radical (unpaired) electrons. The molecule has 2 N–H and O–H groups in total. The molecule has 5 aromatic rings. The van der Waals surface area contributed by atoms with E-state index in [-0.39, 0.29) is 18.4 Å². The van der Waals surface area contributed by atoms with E-state index in [1.807, 2.05) is 73.6 Å². The number of hydrogen-bond acceptors (Lipinski definition) is 6. The Morgan fingerprint density at radius 1 is 1.09 bits per heavy atom. The summed E-state index contributed by atoms with van der Waals surface area (Å²) in [5.41, 5.74) is 7.85. The number of aromatic nitrogens is 5. The number of imidazole rings is 1. The van der Waals surface area contributed by atoms with E-state index < -0.39 is 0 Å². The van der Waals surface area contributed by atoms with Crippen LogP contribution in [-0.4, -0.2) is 60.3 Å². The van der Waals surface area contributed by atoms with Crippen molar-refractivity contribution in [3.8, 4) is 22.5 Å². The number of anilines is 1. The Morgan fingerprint density at radius 2 is 1.91 bits per heavy atom. The number of carbonyl (C=O) groups excluding carboxylic acids is 1. The number of nitrogens with zero attached hydrogens (tertiary/aromatic N) is 6. The first kappa shape index (κ1) is 30.9. The lowest BCUT2D eigenvalue weighted by Crippen LogP contribution is -2.28. The highest BCUT2D eigenvalue weighted by Crippen LogP contribution is 2.33. The van der Waals surface area contributed by atoms with E-state index in [9.17, 15) is 9.90 Å². The highest BCUT2D eigenvalue weighted by Gasteiger charge is 2.22. The number of carbonyl (C=O) groups is 1. The Morgan fingerprint density at radius 3 is 2.61 bits per heavy atom. The molecule has 3 heterocycles. The molecule has 9 nitrogen and oxygen atoms in total. The average Bonchev–Trinajstić information content (AvgIpc) is 3.61. The van der Waals surface area contributed by atoms with E-state index in [2.05, 4.69) is 42.3 Å². The number of benzene rings is 2. The third-order valence-electron chi connectivity index (χ3n) is 8.35. The van der Waals surface area contributed by atoms with Crippen LogP contribution in [-0.2, 0) is 13.6 Å². The fourth-order valence-corrected chi connectivity index (χ4v) is 5.61. The zero-order valence-electron chi connectivity index (χ0n) is 26.6. The van der Waals surface area contributed by atoms with Crippen molar-refractivity contribution < 1.29 is 9.90 Å². The number of aliphatic hydroxyl groups excluding tert-OH is 1. The second kappa shape index (κ2) is 13.4. The fourth-order valence-electron chi connectivity index (χ4n) is 5.61. The molecule has 0 unspecified atom stereocenters. The van der Waals surface area contributed by atoms with Crippen LogP contribution in [0.5, 0.6) is 0 Å². The van der Waals surface area contributed by atoms with E-state index in [1.54, 1.807) is 11.1 Å². The number of unbranched alkanes of at least 4 members (excludes halogenated alkanes) is 1. The molecule has 0 saturated heterocycles. The van der Waals surface area contributed by atoms with Crippen molar-refractivity contribution in [2.75, 3.05) is 25.5 Å². The second-order valence-corrected chi connectivity index (χ2v) is 11.6. The molecule has 2 aromatic carbocycles. The molecule has 3 aromatic heterocycles. The SMILES string of the molecule is CCCCN(C)C(=O)c1cc(-c2c(C)nn3c(NCc4cccc(-c5nccn5C)c4)cc([C@@H](CC)CO)nc23)ccc1C. The summed E-state index contributed by atoms with van der Waals surface area (Å²) in [5, 5.41) is 18.7. The molecule has 9 heteroatoms. The van der Waals surface area contributed by atoms with Gasteiger partial charge >= 0.3 is 0 Å². The average molecular weight is 594 g/mol. The van der Waals surface area contributed by atoms with Crippen LogP contribution in [0.1, 0.15) is 71.9 Å². The van der Waals surface area contributed by atoms with Gasteiger partial charge in [0, 0.05) is 68.3 Å². The standard InChI is InChI=1S/C35H43N7O2/c1-7-9-16-41(6)35(44)29-19-27(14-13-23(29)3)32-24(4)39-42-31(20-30(38-34(32)42)26(8-2)22-43)37-21-25-11-10-12-28(18-25)33-36-15-17-40(33)5/h10-15,17-20,26,37,43H,7-9,16,21-22H2,1-6H3/t26-/m0/s1. The molecular weight excluding hydrogens is 550 g/mol. The van der Waals surface area contributed by atoms with E-state index in [0.29, 0.717) is 17.8 Å².